The first-order valence-electron chi connectivity index (χ1n) is 6.03. The van der Waals surface area contributed by atoms with Crippen LogP contribution in [-0.4, -0.2) is 22.9 Å². The van der Waals surface area contributed by atoms with Gasteiger partial charge in [0.25, 0.3) is 0 Å². The maximum Gasteiger partial charge on any atom is 0.433 e. The molecule has 2 N–H and O–H groups in total. The van der Waals surface area contributed by atoms with Crippen molar-refractivity contribution in [3.63, 3.8) is 0 Å². The highest BCUT2D eigenvalue weighted by Crippen LogP contribution is 2.15. The van der Waals surface area contributed by atoms with Crippen LogP contribution in [-0.2, 0) is 11.3 Å². The molecule has 1 heterocycles. The van der Waals surface area contributed by atoms with Crippen LogP contribution in [0, 0.1) is 10.1 Å². The van der Waals surface area contributed by atoms with Crippen LogP contribution in [0.2, 0.25) is 0 Å². The molecule has 1 aromatic rings. The number of hydrogen-bond donors (Lipinski definition) is 2. The number of carbonyl (C=O) groups is 1. The molecule has 0 aliphatic rings. The van der Waals surface area contributed by atoms with Gasteiger partial charge in [-0.2, -0.15) is 0 Å². The van der Waals surface area contributed by atoms with Crippen LogP contribution < -0.4 is 10.6 Å². The Morgan fingerprint density at radius 1 is 1.42 bits per heavy atom. The summed E-state index contributed by atoms with van der Waals surface area (Å²) < 4.78 is 4.97. The monoisotopic (exact) mass is 269 g/mol. The fourth-order valence-electron chi connectivity index (χ4n) is 1.45. The average molecular weight is 269 g/mol. The fourth-order valence-corrected chi connectivity index (χ4v) is 1.45. The van der Waals surface area contributed by atoms with E-state index in [1.165, 1.54) is 6.07 Å². The Morgan fingerprint density at radius 3 is 2.63 bits per heavy atom. The van der Waals surface area contributed by atoms with Gasteiger partial charge in [0.05, 0.1) is 12.6 Å². The number of nitrogens with zero attached hydrogens (tertiary/aromatic N) is 1. The lowest BCUT2D eigenvalue weighted by Gasteiger charge is -2.20. The molecule has 106 valence electrons. The molecule has 0 atom stereocenters. The highest BCUT2D eigenvalue weighted by atomic mass is 16.6. The first kappa shape index (κ1) is 15.2. The lowest BCUT2D eigenvalue weighted by Crippen LogP contribution is -2.41. The van der Waals surface area contributed by atoms with E-state index in [0.29, 0.717) is 25.3 Å². The first-order valence-corrected chi connectivity index (χ1v) is 6.03. The molecule has 7 heteroatoms. The van der Waals surface area contributed by atoms with Crippen LogP contribution >= 0.6 is 0 Å². The Balaban J connectivity index is 2.23. The van der Waals surface area contributed by atoms with Crippen LogP contribution in [0.4, 0.5) is 5.88 Å². The SMILES string of the molecule is CC(C)(C)NC(=O)CCNCc1ccc([N+](=O)[O-])o1. The van der Waals surface area contributed by atoms with E-state index >= 15 is 0 Å². The molecular weight excluding hydrogens is 250 g/mol. The van der Waals surface area contributed by atoms with E-state index in [1.807, 2.05) is 20.8 Å². The van der Waals surface area contributed by atoms with Crippen molar-refractivity contribution < 1.29 is 14.1 Å². The molecule has 0 radical (unpaired) electrons. The highest BCUT2D eigenvalue weighted by molar-refractivity contribution is 5.76. The lowest BCUT2D eigenvalue weighted by molar-refractivity contribution is -0.402. The predicted octanol–water partition coefficient (Wildman–Crippen LogP) is 1.58. The third-order valence-electron chi connectivity index (χ3n) is 2.17. The van der Waals surface area contributed by atoms with E-state index in [1.54, 1.807) is 6.07 Å². The van der Waals surface area contributed by atoms with Gasteiger partial charge in [0.2, 0.25) is 5.91 Å². The molecule has 1 rings (SSSR count). The third kappa shape index (κ3) is 6.01. The lowest BCUT2D eigenvalue weighted by atomic mass is 10.1. The molecule has 0 spiro atoms. The number of hydrogen-bond acceptors (Lipinski definition) is 5. The molecular formula is C12H19N3O4. The smallest absolute Gasteiger partial charge is 0.404 e. The van der Waals surface area contributed by atoms with Gasteiger partial charge in [-0.3, -0.25) is 14.9 Å². The standard InChI is InChI=1S/C12H19N3O4/c1-12(2,3)14-10(16)6-7-13-8-9-4-5-11(19-9)15(17)18/h4-5,13H,6-8H2,1-3H3,(H,14,16). The Bertz CT molecular complexity index is 448. The predicted molar refractivity (Wildman–Crippen MR) is 69.6 cm³/mol. The second-order valence-electron chi connectivity index (χ2n) is 5.22. The van der Waals surface area contributed by atoms with Crippen molar-refractivity contribution in [2.75, 3.05) is 6.54 Å². The number of furan rings is 1. The summed E-state index contributed by atoms with van der Waals surface area (Å²) in [5.41, 5.74) is -0.237. The first-order chi connectivity index (χ1) is 8.78. The van der Waals surface area contributed by atoms with Gasteiger partial charge in [0.15, 0.2) is 0 Å². The van der Waals surface area contributed by atoms with E-state index in [9.17, 15) is 14.9 Å². The van der Waals surface area contributed by atoms with Crippen molar-refractivity contribution in [1.29, 1.82) is 0 Å². The zero-order valence-electron chi connectivity index (χ0n) is 11.4. The minimum atomic E-state index is -0.583. The van der Waals surface area contributed by atoms with Crippen LogP contribution in [0.25, 0.3) is 0 Å². The second kappa shape index (κ2) is 6.33. The second-order valence-corrected chi connectivity index (χ2v) is 5.22. The molecule has 1 aromatic heterocycles. The van der Waals surface area contributed by atoms with Gasteiger partial charge >= 0.3 is 5.88 Å². The van der Waals surface area contributed by atoms with Crippen LogP contribution in [0.5, 0.6) is 0 Å². The molecule has 0 aliphatic carbocycles. The number of amides is 1. The van der Waals surface area contributed by atoms with E-state index in [4.69, 9.17) is 4.42 Å². The molecule has 0 unspecified atom stereocenters. The van der Waals surface area contributed by atoms with Gasteiger partial charge in [-0.05, 0) is 26.8 Å². The molecule has 0 aromatic carbocycles. The van der Waals surface area contributed by atoms with Gasteiger partial charge in [0, 0.05) is 18.5 Å². The quantitative estimate of drug-likeness (QED) is 0.464. The van der Waals surface area contributed by atoms with Crippen molar-refractivity contribution in [2.24, 2.45) is 0 Å². The molecule has 0 saturated carbocycles. The fraction of sp³-hybridized carbons (Fsp3) is 0.583. The minimum Gasteiger partial charge on any atom is -0.404 e. The Labute approximate surface area is 111 Å². The zero-order valence-corrected chi connectivity index (χ0v) is 11.4. The Hall–Kier alpha value is -1.89. The van der Waals surface area contributed by atoms with Crippen LogP contribution in [0.1, 0.15) is 33.0 Å². The van der Waals surface area contributed by atoms with E-state index in [-0.39, 0.29) is 17.3 Å². The normalized spacial score (nSPS) is 11.3. The summed E-state index contributed by atoms with van der Waals surface area (Å²) in [7, 11) is 0. The summed E-state index contributed by atoms with van der Waals surface area (Å²) in [4.78, 5) is 21.3. The number of nitrogens with one attached hydrogen (secondary N) is 2. The minimum absolute atomic E-state index is 0.0366. The molecule has 0 saturated heterocycles. The van der Waals surface area contributed by atoms with E-state index in [2.05, 4.69) is 10.6 Å². The molecule has 0 bridgehead atoms. The molecule has 1 amide bonds. The Kier molecular flexibility index (Phi) is 5.05. The molecule has 7 nitrogen and oxygen atoms in total. The topological polar surface area (TPSA) is 97.4 Å². The van der Waals surface area contributed by atoms with Crippen molar-refractivity contribution >= 4 is 11.8 Å². The third-order valence-corrected chi connectivity index (χ3v) is 2.17. The van der Waals surface area contributed by atoms with Crippen LogP contribution in [0.15, 0.2) is 16.5 Å². The van der Waals surface area contributed by atoms with Crippen molar-refractivity contribution in [2.45, 2.75) is 39.3 Å². The Morgan fingerprint density at radius 2 is 2.11 bits per heavy atom. The van der Waals surface area contributed by atoms with Gasteiger partial charge < -0.3 is 15.1 Å². The summed E-state index contributed by atoms with van der Waals surface area (Å²) in [5.74, 6) is 0.163. The largest absolute Gasteiger partial charge is 0.433 e. The number of nitro groups is 1. The average Bonchev–Trinajstić information content (AvgIpc) is 2.70. The van der Waals surface area contributed by atoms with Crippen molar-refractivity contribution in [1.82, 2.24) is 10.6 Å². The summed E-state index contributed by atoms with van der Waals surface area (Å²) in [6.07, 6.45) is 0.347. The van der Waals surface area contributed by atoms with Gasteiger partial charge in [0.1, 0.15) is 10.7 Å². The van der Waals surface area contributed by atoms with E-state index < -0.39 is 4.92 Å². The molecule has 0 fully saturated rings. The van der Waals surface area contributed by atoms with Crippen molar-refractivity contribution in [3.05, 3.63) is 28.0 Å². The summed E-state index contributed by atoms with van der Waals surface area (Å²) in [6.45, 7) is 6.59. The zero-order chi connectivity index (χ0) is 14.5. The number of carbonyl (C=O) groups excluding carboxylic acids is 1. The molecule has 0 aliphatic heterocycles. The van der Waals surface area contributed by atoms with Gasteiger partial charge in [-0.15, -0.1) is 0 Å². The summed E-state index contributed by atoms with van der Waals surface area (Å²) >= 11 is 0. The van der Waals surface area contributed by atoms with Gasteiger partial charge in [-0.1, -0.05) is 0 Å². The maximum absolute atomic E-state index is 11.5. The molecule has 19 heavy (non-hydrogen) atoms. The van der Waals surface area contributed by atoms with Crippen LogP contribution in [0.3, 0.4) is 0 Å². The van der Waals surface area contributed by atoms with Gasteiger partial charge in [-0.25, -0.2) is 0 Å². The maximum atomic E-state index is 11.5. The van der Waals surface area contributed by atoms with E-state index in [0.717, 1.165) is 0 Å². The van der Waals surface area contributed by atoms with Crippen molar-refractivity contribution in [3.8, 4) is 0 Å². The highest BCUT2D eigenvalue weighted by Gasteiger charge is 2.13. The summed E-state index contributed by atoms with van der Waals surface area (Å²) in [6, 6.07) is 2.85. The number of rotatable bonds is 6. The summed E-state index contributed by atoms with van der Waals surface area (Å²) in [5, 5.41) is 16.2.